The van der Waals surface area contributed by atoms with Crippen LogP contribution in [0.15, 0.2) is 97.1 Å². The van der Waals surface area contributed by atoms with Crippen LogP contribution in [0.25, 0.3) is 10.9 Å². The van der Waals surface area contributed by atoms with Crippen molar-refractivity contribution in [2.45, 2.75) is 72.7 Å². The van der Waals surface area contributed by atoms with E-state index in [4.69, 9.17) is 56.6 Å². The van der Waals surface area contributed by atoms with E-state index in [2.05, 4.69) is 14.8 Å². The maximum atomic E-state index is 16.3. The van der Waals surface area contributed by atoms with Gasteiger partial charge in [0.1, 0.15) is 21.5 Å². The molecule has 57 heavy (non-hydrogen) atoms. The topological polar surface area (TPSA) is 91.2 Å². The lowest BCUT2D eigenvalue weighted by molar-refractivity contribution is -0.286. The van der Waals surface area contributed by atoms with Crippen LogP contribution in [0.5, 0.6) is 11.5 Å². The summed E-state index contributed by atoms with van der Waals surface area (Å²) in [5.74, 6) is -2.65. The summed E-state index contributed by atoms with van der Waals surface area (Å²) in [4.78, 5) is 14.2. The van der Waals surface area contributed by atoms with Gasteiger partial charge in [-0.3, -0.25) is 4.79 Å². The Labute approximate surface area is 336 Å². The number of nitrogens with zero attached hydrogens (tertiary/aromatic N) is 1. The molecule has 2 heterocycles. The maximum absolute atomic E-state index is 16.3. The molecule has 4 aromatic carbocycles. The average Bonchev–Trinajstić information content (AvgIpc) is 3.43. The normalized spacial score (nSPS) is 17.9. The van der Waals surface area contributed by atoms with Gasteiger partial charge in [-0.15, -0.1) is 8.78 Å². The molecule has 8 nitrogen and oxygen atoms in total. The van der Waals surface area contributed by atoms with Gasteiger partial charge in [0.25, 0.3) is 0 Å². The first-order valence-corrected chi connectivity index (χ1v) is 18.0. The first kappa shape index (κ1) is 40.7. The van der Waals surface area contributed by atoms with E-state index in [-0.39, 0.29) is 43.4 Å². The largest absolute Gasteiger partial charge is 0.586 e. The van der Waals surface area contributed by atoms with Crippen LogP contribution >= 0.6 is 0 Å². The number of fused-ring (bicyclic) bond motifs is 2. The molecule has 0 spiro atoms. The quantitative estimate of drug-likeness (QED) is 0.156. The molecule has 0 unspecified atom stereocenters. The van der Waals surface area contributed by atoms with Crippen LogP contribution in [0, 0.1) is 5.82 Å². The zero-order valence-electron chi connectivity index (χ0n) is 31.2. The number of hydrogen-bond acceptors (Lipinski definition) is 6. The number of halogens is 3. The second-order valence-corrected chi connectivity index (χ2v) is 15.1. The van der Waals surface area contributed by atoms with Gasteiger partial charge in [-0.05, 0) is 41.0 Å². The molecule has 1 aliphatic heterocycles. The lowest BCUT2D eigenvalue weighted by Gasteiger charge is -2.43. The third-order valence-corrected chi connectivity index (χ3v) is 11.0. The minimum Gasteiger partial charge on any atom is -0.395 e. The van der Waals surface area contributed by atoms with E-state index >= 15 is 4.39 Å². The van der Waals surface area contributed by atoms with Crippen molar-refractivity contribution in [3.8, 4) is 11.5 Å². The summed E-state index contributed by atoms with van der Waals surface area (Å²) < 4.78 is 66.6. The van der Waals surface area contributed by atoms with E-state index in [1.165, 1.54) is 18.2 Å². The van der Waals surface area contributed by atoms with E-state index in [0.717, 1.165) is 23.3 Å². The lowest BCUT2D eigenvalue weighted by Crippen LogP contribution is -2.52. The summed E-state index contributed by atoms with van der Waals surface area (Å²) in [6, 6.07) is 26.4. The van der Waals surface area contributed by atoms with Gasteiger partial charge in [0.05, 0.1) is 80.5 Å². The van der Waals surface area contributed by atoms with Crippen LogP contribution in [0.3, 0.4) is 0 Å². The molecule has 1 aromatic heterocycles. The zero-order valence-corrected chi connectivity index (χ0v) is 31.2. The Hall–Kier alpha value is -4.45. The highest BCUT2D eigenvalue weighted by Gasteiger charge is 2.78. The molecule has 17 heteroatoms. The smallest absolute Gasteiger partial charge is 0.395 e. The van der Waals surface area contributed by atoms with Crippen LogP contribution < -0.4 is 14.8 Å². The number of nitrogens with one attached hydrogen (secondary N) is 1. The van der Waals surface area contributed by atoms with E-state index in [1.807, 2.05) is 60.7 Å². The second kappa shape index (κ2) is 14.4. The van der Waals surface area contributed by atoms with Gasteiger partial charge in [-0.2, -0.15) is 0 Å². The van der Waals surface area contributed by atoms with Crippen molar-refractivity contribution in [1.29, 1.82) is 0 Å². The fourth-order valence-corrected chi connectivity index (χ4v) is 7.45. The Morgan fingerprint density at radius 2 is 1.46 bits per heavy atom. The minimum atomic E-state index is -3.96. The number of hydrogen-bond donors (Lipinski definition) is 2. The van der Waals surface area contributed by atoms with Crippen LogP contribution in [0.2, 0.25) is 10.4 Å². The first-order valence-electron chi connectivity index (χ1n) is 18.0. The molecule has 1 amide bonds. The number of aliphatic hydroxyl groups excluding tert-OH is 1. The van der Waals surface area contributed by atoms with Gasteiger partial charge < -0.3 is 33.9 Å². The molecule has 1 atom stereocenters. The summed E-state index contributed by atoms with van der Waals surface area (Å²) in [7, 11) is 38.6. The van der Waals surface area contributed by atoms with Crippen LogP contribution in [-0.4, -0.2) is 87.1 Å². The number of anilines is 1. The Morgan fingerprint density at radius 3 is 2.07 bits per heavy atom. The van der Waals surface area contributed by atoms with Gasteiger partial charge in [-0.25, -0.2) is 4.39 Å². The molecule has 0 saturated heterocycles. The SMILES string of the molecule is [B]C([B])(OCc1ccccc1)C(C)(C)c1cc2cc(NC(=O)C3(c4ccc5c(c4)OC(F)(F)O5)C([B])([B])C3([B])[B])c(F)cc2n1C[C@@H](O)COCc1ccccc1. The van der Waals surface area contributed by atoms with Crippen molar-refractivity contribution in [1.82, 2.24) is 4.57 Å². The minimum absolute atomic E-state index is 0.0641. The molecule has 278 valence electrons. The van der Waals surface area contributed by atoms with Gasteiger partial charge in [0.15, 0.2) is 11.5 Å². The molecular formula is C40H33B6F3N2O6. The van der Waals surface area contributed by atoms with Gasteiger partial charge >= 0.3 is 6.29 Å². The van der Waals surface area contributed by atoms with E-state index < -0.39 is 56.5 Å². The zero-order chi connectivity index (χ0) is 41.2. The van der Waals surface area contributed by atoms with Crippen LogP contribution in [-0.2, 0) is 44.9 Å². The van der Waals surface area contributed by atoms with E-state index in [0.29, 0.717) is 16.6 Å². The number of alkyl halides is 2. The Morgan fingerprint density at radius 1 is 0.860 bits per heavy atom. The average molecular weight is 760 g/mol. The third kappa shape index (κ3) is 6.99. The molecule has 1 saturated carbocycles. The number of aliphatic hydroxyl groups is 1. The van der Waals surface area contributed by atoms with Gasteiger partial charge in [-0.1, -0.05) is 91.0 Å². The van der Waals surface area contributed by atoms with Crippen molar-refractivity contribution in [2.75, 3.05) is 11.9 Å². The third-order valence-electron chi connectivity index (χ3n) is 11.0. The van der Waals surface area contributed by atoms with Crippen molar-refractivity contribution in [2.24, 2.45) is 0 Å². The van der Waals surface area contributed by atoms with Gasteiger partial charge in [0.2, 0.25) is 5.91 Å². The predicted octanol–water partition coefficient (Wildman–Crippen LogP) is 4.96. The number of aromatic nitrogens is 1. The van der Waals surface area contributed by atoms with Crippen molar-refractivity contribution in [3.63, 3.8) is 0 Å². The van der Waals surface area contributed by atoms with Gasteiger partial charge in [0, 0.05) is 28.0 Å². The number of amides is 1. The number of ether oxygens (including phenoxy) is 4. The molecule has 2 N–H and O–H groups in total. The fourth-order valence-electron chi connectivity index (χ4n) is 7.45. The Kier molecular flexibility index (Phi) is 10.3. The van der Waals surface area contributed by atoms with E-state index in [1.54, 1.807) is 24.5 Å². The lowest BCUT2D eigenvalue weighted by atomic mass is 9.49. The Bertz CT molecular complexity index is 2300. The number of carbonyl (C=O) groups is 1. The highest BCUT2D eigenvalue weighted by atomic mass is 19.3. The highest BCUT2D eigenvalue weighted by molar-refractivity contribution is 6.65. The van der Waals surface area contributed by atoms with Crippen molar-refractivity contribution in [3.05, 3.63) is 125 Å². The van der Waals surface area contributed by atoms with Crippen molar-refractivity contribution >= 4 is 69.6 Å². The van der Waals surface area contributed by atoms with Crippen LogP contribution in [0.4, 0.5) is 18.9 Å². The Balaban J connectivity index is 1.23. The van der Waals surface area contributed by atoms with Crippen molar-refractivity contribution < 1.29 is 42.0 Å². The summed E-state index contributed by atoms with van der Waals surface area (Å²) >= 11 is 0. The standard InChI is InChI=1S/C40H33B6F3N2O6/c1-35(2,39(45,46)55-21-24-11-7-4-8-12-24)33-16-25-15-29(28(47)18-30(25)51(33)19-27(52)22-54-20-23-9-5-3-6-10-23)50-34(53)36(37(41,42)38(36,43)44)26-13-14-31-32(17-26)57-40(48,49)56-31/h3-18,27,52H,19-22H2,1-2H3,(H,50,53)/t27-/m1/s1. The molecule has 7 rings (SSSR count). The maximum Gasteiger partial charge on any atom is 0.586 e. The molecule has 1 aliphatic carbocycles. The molecule has 0 bridgehead atoms. The number of benzene rings is 4. The molecule has 2 aliphatic rings. The second-order valence-electron chi connectivity index (χ2n) is 15.1. The highest BCUT2D eigenvalue weighted by Crippen LogP contribution is 2.83. The summed E-state index contributed by atoms with van der Waals surface area (Å²) in [6.07, 6.45) is -5.03. The molecule has 12 radical (unpaired) electrons. The number of carbonyl (C=O) groups excluding carboxylic acids is 1. The first-order chi connectivity index (χ1) is 26.7. The molecule has 5 aromatic rings. The summed E-state index contributed by atoms with van der Waals surface area (Å²) in [5.41, 5.74) is -1.24. The fraction of sp³-hybridized carbons (Fsp3) is 0.325. The van der Waals surface area contributed by atoms with E-state index in [9.17, 15) is 18.7 Å². The molecule has 1 fully saturated rings. The monoisotopic (exact) mass is 760 g/mol. The predicted molar refractivity (Wildman–Crippen MR) is 214 cm³/mol. The summed E-state index contributed by atoms with van der Waals surface area (Å²) in [5, 5.41) is 8.09. The number of rotatable bonds is 14. The van der Waals surface area contributed by atoms with Crippen LogP contribution in [0.1, 0.15) is 36.2 Å². The summed E-state index contributed by atoms with van der Waals surface area (Å²) in [6.45, 7) is 3.70. The molecular weight excluding hydrogens is 726 g/mol.